The van der Waals surface area contributed by atoms with Gasteiger partial charge in [0.05, 0.1) is 0 Å². The van der Waals surface area contributed by atoms with Gasteiger partial charge in [0.2, 0.25) is 0 Å². The molecule has 0 atom stereocenters. The van der Waals surface area contributed by atoms with Crippen molar-refractivity contribution in [3.05, 3.63) is 36.3 Å². The maximum atomic E-state index is 6.78. The Bertz CT molecular complexity index is 240. The standard InChI is InChI=1S/C9H7O/c1-3-8-4-6-9(10-2)7-5-8/h4-7H,2H3/q+1. The van der Waals surface area contributed by atoms with Crippen molar-refractivity contribution in [2.45, 2.75) is 0 Å². The van der Waals surface area contributed by atoms with Crippen LogP contribution in [0, 0.1) is 12.3 Å². The van der Waals surface area contributed by atoms with Crippen LogP contribution in [-0.4, -0.2) is 7.11 Å². The Kier molecular flexibility index (Phi) is 2.14. The van der Waals surface area contributed by atoms with Crippen molar-refractivity contribution < 1.29 is 4.74 Å². The third-order valence-corrected chi connectivity index (χ3v) is 1.23. The average Bonchev–Trinajstić information content (AvgIpc) is 2.05. The molecule has 0 amide bonds. The topological polar surface area (TPSA) is 9.23 Å². The molecule has 0 aliphatic carbocycles. The van der Waals surface area contributed by atoms with Gasteiger partial charge in [-0.15, -0.1) is 0 Å². The van der Waals surface area contributed by atoms with E-state index in [1.807, 2.05) is 0 Å². The molecule has 1 aromatic rings. The van der Waals surface area contributed by atoms with Crippen LogP contribution in [0.1, 0.15) is 5.56 Å². The van der Waals surface area contributed by atoms with E-state index in [0.29, 0.717) is 0 Å². The Hall–Kier alpha value is -1.20. The molecule has 0 heterocycles. The zero-order valence-electron chi connectivity index (χ0n) is 5.72. The van der Waals surface area contributed by atoms with Gasteiger partial charge in [0.15, 0.2) is 0 Å². The van der Waals surface area contributed by atoms with Crippen molar-refractivity contribution in [2.24, 2.45) is 0 Å². The van der Waals surface area contributed by atoms with E-state index in [-0.39, 0.29) is 0 Å². The van der Waals surface area contributed by atoms with Gasteiger partial charge in [-0.3, -0.25) is 0 Å². The molecule has 1 rings (SSSR count). The van der Waals surface area contributed by atoms with E-state index in [1.54, 1.807) is 31.4 Å². The Balaban J connectivity index is 2.93. The second-order valence-corrected chi connectivity index (χ2v) is 1.85. The summed E-state index contributed by atoms with van der Waals surface area (Å²) in [5, 5.41) is 0. The fourth-order valence-electron chi connectivity index (χ4n) is 0.674. The maximum absolute atomic E-state index is 6.78. The van der Waals surface area contributed by atoms with Crippen LogP contribution in [-0.2, 0) is 0 Å². The fraction of sp³-hybridized carbons (Fsp3) is 0.111. The van der Waals surface area contributed by atoms with E-state index in [1.165, 1.54) is 0 Å². The van der Waals surface area contributed by atoms with Gasteiger partial charge in [-0.2, -0.15) is 0 Å². The summed E-state index contributed by atoms with van der Waals surface area (Å²) in [7, 11) is 1.61. The van der Waals surface area contributed by atoms with Gasteiger partial charge in [0.25, 0.3) is 0 Å². The van der Waals surface area contributed by atoms with Gasteiger partial charge >= 0.3 is 59.8 Å². The summed E-state index contributed by atoms with van der Waals surface area (Å²) in [6, 6.07) is 7.17. The zero-order chi connectivity index (χ0) is 7.40. The van der Waals surface area contributed by atoms with E-state index in [2.05, 4.69) is 5.92 Å². The summed E-state index contributed by atoms with van der Waals surface area (Å²) in [4.78, 5) is 0. The van der Waals surface area contributed by atoms with Crippen LogP contribution in [0.5, 0.6) is 5.75 Å². The molecule has 1 nitrogen and oxygen atoms in total. The molecule has 0 aliphatic rings. The van der Waals surface area contributed by atoms with E-state index in [4.69, 9.17) is 11.2 Å². The summed E-state index contributed by atoms with van der Waals surface area (Å²) in [5.41, 5.74) is 0.765. The monoisotopic (exact) mass is 131 g/mol. The number of ether oxygens (including phenoxy) is 1. The number of hydrogen-bond acceptors (Lipinski definition) is 1. The molecule has 0 fully saturated rings. The number of methoxy groups -OCH3 is 1. The minimum absolute atomic E-state index is 0.765. The van der Waals surface area contributed by atoms with Crippen molar-refractivity contribution in [2.75, 3.05) is 7.11 Å². The van der Waals surface area contributed by atoms with Gasteiger partial charge in [-0.1, -0.05) is 0 Å². The molecule has 0 aromatic heterocycles. The van der Waals surface area contributed by atoms with Crippen LogP contribution in [0.15, 0.2) is 24.3 Å². The van der Waals surface area contributed by atoms with Crippen LogP contribution in [0.25, 0.3) is 0 Å². The molecule has 0 saturated carbocycles. The Morgan fingerprint density at radius 1 is 1.30 bits per heavy atom. The molecule has 48 valence electrons. The molecule has 1 heteroatoms. The van der Waals surface area contributed by atoms with Crippen LogP contribution >= 0.6 is 0 Å². The molecule has 0 N–H and O–H groups in total. The number of benzene rings is 1. The van der Waals surface area contributed by atoms with E-state index < -0.39 is 0 Å². The molecule has 0 saturated heterocycles. The van der Waals surface area contributed by atoms with E-state index in [0.717, 1.165) is 11.3 Å². The van der Waals surface area contributed by atoms with Crippen molar-refractivity contribution in [1.82, 2.24) is 0 Å². The molecular weight excluding hydrogens is 124 g/mol. The Morgan fingerprint density at radius 3 is 2.30 bits per heavy atom. The van der Waals surface area contributed by atoms with E-state index in [9.17, 15) is 0 Å². The quantitative estimate of drug-likeness (QED) is 0.416. The van der Waals surface area contributed by atoms with Crippen LogP contribution in [0.3, 0.4) is 0 Å². The minimum atomic E-state index is 0.765. The molecule has 0 unspecified atom stereocenters. The van der Waals surface area contributed by atoms with E-state index >= 15 is 0 Å². The molecular formula is C9H7O+. The summed E-state index contributed by atoms with van der Waals surface area (Å²) < 4.78 is 4.92. The first-order valence-electron chi connectivity index (χ1n) is 2.93. The number of rotatable bonds is 1. The second-order valence-electron chi connectivity index (χ2n) is 1.85. The normalized spacial score (nSPS) is 8.70. The van der Waals surface area contributed by atoms with Gasteiger partial charge in [0, 0.05) is 0 Å². The third kappa shape index (κ3) is 1.40. The van der Waals surface area contributed by atoms with Gasteiger partial charge < -0.3 is 0 Å². The summed E-state index contributed by atoms with van der Waals surface area (Å²) >= 11 is 0. The SMILES string of the molecule is [C+]#Cc1ccc(OC)cc1. The molecule has 1 aromatic carbocycles. The predicted molar refractivity (Wildman–Crippen MR) is 39.2 cm³/mol. The van der Waals surface area contributed by atoms with Gasteiger partial charge in [-0.05, 0) is 0 Å². The third-order valence-electron chi connectivity index (χ3n) is 1.23. The molecule has 0 radical (unpaired) electrons. The summed E-state index contributed by atoms with van der Waals surface area (Å²) in [5.74, 6) is 3.08. The fourth-order valence-corrected chi connectivity index (χ4v) is 0.674. The molecule has 10 heavy (non-hydrogen) atoms. The second kappa shape index (κ2) is 3.09. The molecule has 0 bridgehead atoms. The Morgan fingerprint density at radius 2 is 1.90 bits per heavy atom. The van der Waals surface area contributed by atoms with Crippen molar-refractivity contribution >= 4 is 0 Å². The van der Waals surface area contributed by atoms with Gasteiger partial charge in [-0.25, -0.2) is 0 Å². The average molecular weight is 131 g/mol. The molecule has 0 spiro atoms. The predicted octanol–water partition coefficient (Wildman–Crippen LogP) is 1.63. The number of hydrogen-bond donors (Lipinski definition) is 0. The zero-order valence-corrected chi connectivity index (χ0v) is 5.72. The first-order chi connectivity index (χ1) is 4.86. The van der Waals surface area contributed by atoms with Crippen LogP contribution in [0.4, 0.5) is 0 Å². The first kappa shape index (κ1) is 6.91. The summed E-state index contributed by atoms with van der Waals surface area (Å²) in [6.45, 7) is 0. The van der Waals surface area contributed by atoms with Crippen molar-refractivity contribution in [1.29, 1.82) is 0 Å². The van der Waals surface area contributed by atoms with Gasteiger partial charge in [0.1, 0.15) is 0 Å². The Labute approximate surface area is 60.6 Å². The molecule has 0 aliphatic heterocycles. The summed E-state index contributed by atoms with van der Waals surface area (Å²) in [6.07, 6.45) is 6.78. The first-order valence-corrected chi connectivity index (χ1v) is 2.93. The van der Waals surface area contributed by atoms with Crippen LogP contribution in [0.2, 0.25) is 0 Å². The van der Waals surface area contributed by atoms with Crippen molar-refractivity contribution in [3.63, 3.8) is 0 Å². The van der Waals surface area contributed by atoms with Crippen molar-refractivity contribution in [3.8, 4) is 11.7 Å². The van der Waals surface area contributed by atoms with Crippen LogP contribution < -0.4 is 4.74 Å².